The van der Waals surface area contributed by atoms with E-state index in [-0.39, 0.29) is 6.54 Å². The van der Waals surface area contributed by atoms with E-state index in [1.807, 2.05) is 21.4 Å². The molecule has 7 nitrogen and oxygen atoms in total. The zero-order valence-corrected chi connectivity index (χ0v) is 13.9. The molecule has 0 radical (unpaired) electrons. The molecule has 0 aromatic carbocycles. The summed E-state index contributed by atoms with van der Waals surface area (Å²) >= 11 is 1.55. The number of rotatable bonds is 5. The molecule has 0 amide bonds. The summed E-state index contributed by atoms with van der Waals surface area (Å²) in [5.41, 5.74) is 0.981. The van der Waals surface area contributed by atoms with Gasteiger partial charge in [0.15, 0.2) is 0 Å². The minimum Gasteiger partial charge on any atom is -0.379 e. The van der Waals surface area contributed by atoms with E-state index in [0.29, 0.717) is 38.5 Å². The Morgan fingerprint density at radius 3 is 2.95 bits per heavy atom. The molecular weight excluding hydrogens is 324 g/mol. The molecule has 0 fully saturated rings. The summed E-state index contributed by atoms with van der Waals surface area (Å²) < 4.78 is 33.0. The van der Waals surface area contributed by atoms with E-state index in [4.69, 9.17) is 4.74 Å². The fraction of sp³-hybridized carbons (Fsp3) is 0.538. The van der Waals surface area contributed by atoms with Gasteiger partial charge in [0, 0.05) is 19.5 Å². The van der Waals surface area contributed by atoms with Crippen LogP contribution in [0.2, 0.25) is 0 Å². The van der Waals surface area contributed by atoms with Crippen LogP contribution in [0.15, 0.2) is 16.8 Å². The first-order valence-corrected chi connectivity index (χ1v) is 9.78. The molecule has 0 N–H and O–H groups in total. The van der Waals surface area contributed by atoms with Gasteiger partial charge in [-0.1, -0.05) is 0 Å². The summed E-state index contributed by atoms with van der Waals surface area (Å²) in [6, 6.07) is 1.93. The zero-order chi connectivity index (χ0) is 15.6. The van der Waals surface area contributed by atoms with E-state index < -0.39 is 10.0 Å². The van der Waals surface area contributed by atoms with Crippen LogP contribution >= 0.6 is 11.3 Å². The average Bonchev–Trinajstić information content (AvgIpc) is 3.03. The lowest BCUT2D eigenvalue weighted by atomic mass is 10.3. The van der Waals surface area contributed by atoms with Gasteiger partial charge in [0.25, 0.3) is 0 Å². The number of aromatic nitrogens is 3. The van der Waals surface area contributed by atoms with Gasteiger partial charge in [-0.05, 0) is 22.4 Å². The maximum atomic E-state index is 12.1. The Morgan fingerprint density at radius 1 is 1.36 bits per heavy atom. The Balaban J connectivity index is 1.83. The summed E-state index contributed by atoms with van der Waals surface area (Å²) in [5, 5.41) is 12.2. The Kier molecular flexibility index (Phi) is 4.57. The van der Waals surface area contributed by atoms with Crippen LogP contribution in [0, 0.1) is 0 Å². The van der Waals surface area contributed by atoms with Gasteiger partial charge >= 0.3 is 0 Å². The van der Waals surface area contributed by atoms with Crippen molar-refractivity contribution in [1.29, 1.82) is 0 Å². The van der Waals surface area contributed by atoms with E-state index in [1.54, 1.807) is 11.3 Å². The molecule has 0 aliphatic carbocycles. The third-order valence-corrected chi connectivity index (χ3v) is 5.49. The van der Waals surface area contributed by atoms with E-state index in [9.17, 15) is 8.42 Å². The van der Waals surface area contributed by atoms with Crippen molar-refractivity contribution < 1.29 is 13.2 Å². The van der Waals surface area contributed by atoms with Gasteiger partial charge < -0.3 is 9.30 Å². The van der Waals surface area contributed by atoms with Crippen LogP contribution < -0.4 is 0 Å². The van der Waals surface area contributed by atoms with Crippen LogP contribution in [-0.4, -0.2) is 47.0 Å². The van der Waals surface area contributed by atoms with E-state index in [2.05, 4.69) is 10.2 Å². The summed E-state index contributed by atoms with van der Waals surface area (Å²) in [5.74, 6) is 1.53. The molecule has 0 saturated carbocycles. The van der Waals surface area contributed by atoms with Crippen LogP contribution in [0.3, 0.4) is 0 Å². The van der Waals surface area contributed by atoms with Gasteiger partial charge in [0.1, 0.15) is 11.6 Å². The largest absolute Gasteiger partial charge is 0.379 e. The molecule has 1 aliphatic heterocycles. The van der Waals surface area contributed by atoms with E-state index >= 15 is 0 Å². The average molecular weight is 342 g/mol. The van der Waals surface area contributed by atoms with Crippen LogP contribution in [0.5, 0.6) is 0 Å². The molecule has 3 rings (SSSR count). The van der Waals surface area contributed by atoms with Crippen LogP contribution in [0.4, 0.5) is 0 Å². The number of nitrogens with zero attached hydrogens (tertiary/aromatic N) is 4. The third kappa shape index (κ3) is 3.54. The highest BCUT2D eigenvalue weighted by atomic mass is 32.2. The van der Waals surface area contributed by atoms with Gasteiger partial charge in [-0.2, -0.15) is 15.6 Å². The Labute approximate surface area is 133 Å². The van der Waals surface area contributed by atoms with E-state index in [0.717, 1.165) is 11.4 Å². The first-order valence-electron chi connectivity index (χ1n) is 6.99. The molecule has 3 heterocycles. The molecule has 0 atom stereocenters. The van der Waals surface area contributed by atoms with Crippen molar-refractivity contribution in [3.63, 3.8) is 0 Å². The van der Waals surface area contributed by atoms with Gasteiger partial charge in [-0.25, -0.2) is 8.42 Å². The fourth-order valence-electron chi connectivity index (χ4n) is 2.39. The molecule has 0 bridgehead atoms. The molecule has 9 heteroatoms. The predicted molar refractivity (Wildman–Crippen MR) is 83.0 cm³/mol. The molecule has 0 unspecified atom stereocenters. The lowest BCUT2D eigenvalue weighted by Crippen LogP contribution is -2.30. The first kappa shape index (κ1) is 15.6. The summed E-state index contributed by atoms with van der Waals surface area (Å²) in [4.78, 5) is 0. The highest BCUT2D eigenvalue weighted by Crippen LogP contribution is 2.16. The number of ether oxygens (including phenoxy) is 1. The number of hydrogen-bond donors (Lipinski definition) is 0. The first-order chi connectivity index (χ1) is 10.5. The third-order valence-electron chi connectivity index (χ3n) is 3.56. The zero-order valence-electron chi connectivity index (χ0n) is 12.3. The second-order valence-electron chi connectivity index (χ2n) is 5.21. The number of hydrogen-bond acceptors (Lipinski definition) is 6. The van der Waals surface area contributed by atoms with Gasteiger partial charge in [-0.3, -0.25) is 0 Å². The van der Waals surface area contributed by atoms with Crippen molar-refractivity contribution in [2.45, 2.75) is 26.1 Å². The van der Waals surface area contributed by atoms with Crippen molar-refractivity contribution in [1.82, 2.24) is 19.1 Å². The quantitative estimate of drug-likeness (QED) is 0.806. The topological polar surface area (TPSA) is 77.3 Å². The minimum atomic E-state index is -3.33. The summed E-state index contributed by atoms with van der Waals surface area (Å²) in [6.45, 7) is 2.46. The highest BCUT2D eigenvalue weighted by molar-refractivity contribution is 7.88. The molecule has 0 spiro atoms. The second-order valence-corrected chi connectivity index (χ2v) is 7.97. The molecule has 22 heavy (non-hydrogen) atoms. The van der Waals surface area contributed by atoms with Crippen molar-refractivity contribution in [2.75, 3.05) is 19.5 Å². The standard InChI is InChI=1S/C13H18N4O3S2/c1-22(18,19)16(8-11-3-7-21-10-11)9-13-15-14-12-2-5-20-6-4-17(12)13/h3,7,10H,2,4-6,8-9H2,1H3. The molecule has 0 saturated heterocycles. The van der Waals surface area contributed by atoms with Crippen molar-refractivity contribution in [3.8, 4) is 0 Å². The number of thiophene rings is 1. The summed E-state index contributed by atoms with van der Waals surface area (Å²) in [7, 11) is -3.33. The van der Waals surface area contributed by atoms with Crippen LogP contribution in [0.1, 0.15) is 17.2 Å². The summed E-state index contributed by atoms with van der Waals surface area (Å²) in [6.07, 6.45) is 1.93. The Bertz CT molecular complexity index is 725. The number of fused-ring (bicyclic) bond motifs is 1. The van der Waals surface area contributed by atoms with Crippen LogP contribution in [-0.2, 0) is 40.8 Å². The maximum Gasteiger partial charge on any atom is 0.211 e. The van der Waals surface area contributed by atoms with Crippen molar-refractivity contribution in [2.24, 2.45) is 0 Å². The lowest BCUT2D eigenvalue weighted by Gasteiger charge is -2.19. The predicted octanol–water partition coefficient (Wildman–Crippen LogP) is 0.874. The minimum absolute atomic E-state index is 0.224. The van der Waals surface area contributed by atoms with Crippen LogP contribution in [0.25, 0.3) is 0 Å². The normalized spacial score (nSPS) is 15.7. The maximum absolute atomic E-state index is 12.1. The van der Waals surface area contributed by atoms with Crippen molar-refractivity contribution in [3.05, 3.63) is 34.0 Å². The molecule has 1 aliphatic rings. The van der Waals surface area contributed by atoms with Gasteiger partial charge in [0.05, 0.1) is 26.0 Å². The smallest absolute Gasteiger partial charge is 0.211 e. The molecule has 2 aromatic heterocycles. The lowest BCUT2D eigenvalue weighted by molar-refractivity contribution is 0.139. The molecular formula is C13H18N4O3S2. The fourth-order valence-corrected chi connectivity index (χ4v) is 3.78. The Morgan fingerprint density at radius 2 is 2.23 bits per heavy atom. The monoisotopic (exact) mass is 342 g/mol. The van der Waals surface area contributed by atoms with E-state index in [1.165, 1.54) is 10.6 Å². The van der Waals surface area contributed by atoms with Gasteiger partial charge in [0.2, 0.25) is 10.0 Å². The SMILES string of the molecule is CS(=O)(=O)N(Cc1ccsc1)Cc1nnc2n1CCOCC2. The molecule has 120 valence electrons. The van der Waals surface area contributed by atoms with Crippen molar-refractivity contribution >= 4 is 21.4 Å². The highest BCUT2D eigenvalue weighted by Gasteiger charge is 2.22. The Hall–Kier alpha value is -1.29. The van der Waals surface area contributed by atoms with Gasteiger partial charge in [-0.15, -0.1) is 10.2 Å². The second kappa shape index (κ2) is 6.45. The number of sulfonamides is 1. The molecule has 2 aromatic rings.